The van der Waals surface area contributed by atoms with Crippen LogP contribution < -0.4 is 5.32 Å². The van der Waals surface area contributed by atoms with Gasteiger partial charge in [-0.1, -0.05) is 66.7 Å². The summed E-state index contributed by atoms with van der Waals surface area (Å²) in [4.78, 5) is 22.1. The minimum Gasteiger partial charge on any atom is -0.298 e. The number of carbonyl (C=O) groups excluding carboxylic acids is 1. The van der Waals surface area contributed by atoms with Gasteiger partial charge in [-0.2, -0.15) is 5.10 Å². The van der Waals surface area contributed by atoms with Crippen molar-refractivity contribution in [3.05, 3.63) is 119 Å². The minimum absolute atomic E-state index is 0.220. The van der Waals surface area contributed by atoms with Gasteiger partial charge in [-0.15, -0.1) is 11.3 Å². The summed E-state index contributed by atoms with van der Waals surface area (Å²) in [6.07, 6.45) is 4.11. The van der Waals surface area contributed by atoms with E-state index < -0.39 is 0 Å². The second-order valence-electron chi connectivity index (χ2n) is 7.54. The molecule has 0 unspecified atom stereocenters. The Morgan fingerprint density at radius 1 is 0.879 bits per heavy atom. The van der Waals surface area contributed by atoms with E-state index in [1.165, 1.54) is 11.3 Å². The number of benzene rings is 2. The number of rotatable bonds is 7. The minimum atomic E-state index is -0.220. The topological polar surface area (TPSA) is 72.7 Å². The molecule has 0 radical (unpaired) electrons. The molecule has 0 aliphatic rings. The Bertz CT molecular complexity index is 1350. The summed E-state index contributed by atoms with van der Waals surface area (Å²) in [5.74, 6) is -0.220. The van der Waals surface area contributed by atoms with E-state index in [-0.39, 0.29) is 5.91 Å². The largest absolute Gasteiger partial charge is 0.298 e. The van der Waals surface area contributed by atoms with Crippen molar-refractivity contribution in [1.82, 2.24) is 19.7 Å². The number of nitrogens with one attached hydrogen (secondary N) is 1. The van der Waals surface area contributed by atoms with Gasteiger partial charge in [0.2, 0.25) is 0 Å². The van der Waals surface area contributed by atoms with Crippen molar-refractivity contribution < 1.29 is 4.79 Å². The van der Waals surface area contributed by atoms with Crippen molar-refractivity contribution in [2.45, 2.75) is 13.0 Å². The van der Waals surface area contributed by atoms with E-state index in [0.717, 1.165) is 28.2 Å². The third kappa shape index (κ3) is 5.05. The molecule has 3 heterocycles. The van der Waals surface area contributed by atoms with Crippen LogP contribution in [0.15, 0.2) is 96.6 Å². The summed E-state index contributed by atoms with van der Waals surface area (Å²) >= 11 is 1.38. The van der Waals surface area contributed by atoms with Gasteiger partial charge < -0.3 is 0 Å². The molecule has 0 spiro atoms. The fourth-order valence-corrected chi connectivity index (χ4v) is 4.25. The first-order valence-corrected chi connectivity index (χ1v) is 11.4. The first-order chi connectivity index (χ1) is 16.2. The molecule has 7 heteroatoms. The van der Waals surface area contributed by atoms with Crippen LogP contribution in [0.3, 0.4) is 0 Å². The molecule has 0 aliphatic carbocycles. The van der Waals surface area contributed by atoms with Crippen LogP contribution in [-0.2, 0) is 13.0 Å². The van der Waals surface area contributed by atoms with Crippen LogP contribution in [0.5, 0.6) is 0 Å². The van der Waals surface area contributed by atoms with E-state index in [1.807, 2.05) is 95.1 Å². The Hall–Kier alpha value is -4.10. The smallest absolute Gasteiger partial charge is 0.260 e. The molecule has 5 rings (SSSR count). The highest BCUT2D eigenvalue weighted by molar-refractivity contribution is 7.14. The maximum atomic E-state index is 13.2. The molecule has 0 saturated heterocycles. The first kappa shape index (κ1) is 20.8. The quantitative estimate of drug-likeness (QED) is 0.365. The van der Waals surface area contributed by atoms with Gasteiger partial charge in [0, 0.05) is 24.2 Å². The highest BCUT2D eigenvalue weighted by Crippen LogP contribution is 2.24. The normalized spacial score (nSPS) is 10.8. The number of nitrogens with zero attached hydrogens (tertiary/aromatic N) is 4. The van der Waals surface area contributed by atoms with Gasteiger partial charge in [-0.05, 0) is 23.3 Å². The zero-order valence-corrected chi connectivity index (χ0v) is 18.6. The summed E-state index contributed by atoms with van der Waals surface area (Å²) in [6, 6.07) is 25.8. The van der Waals surface area contributed by atoms with Gasteiger partial charge in [-0.25, -0.2) is 4.98 Å². The fraction of sp³-hybridized carbons (Fsp3) is 0.0769. The van der Waals surface area contributed by atoms with E-state index in [4.69, 9.17) is 5.10 Å². The molecule has 5 aromatic rings. The highest BCUT2D eigenvalue weighted by Gasteiger charge is 2.19. The second-order valence-corrected chi connectivity index (χ2v) is 8.40. The predicted molar refractivity (Wildman–Crippen MR) is 130 cm³/mol. The third-order valence-corrected chi connectivity index (χ3v) is 5.89. The van der Waals surface area contributed by atoms with Crippen LogP contribution in [0.4, 0.5) is 5.13 Å². The summed E-state index contributed by atoms with van der Waals surface area (Å²) in [5, 5.41) is 10.1. The summed E-state index contributed by atoms with van der Waals surface area (Å²) in [6.45, 7) is 0.594. The van der Waals surface area contributed by atoms with Gasteiger partial charge in [-0.3, -0.25) is 19.8 Å². The van der Waals surface area contributed by atoms with E-state index in [2.05, 4.69) is 15.3 Å². The van der Waals surface area contributed by atoms with Crippen molar-refractivity contribution in [1.29, 1.82) is 0 Å². The van der Waals surface area contributed by atoms with Gasteiger partial charge in [0.15, 0.2) is 5.13 Å². The number of aromatic nitrogens is 4. The molecular weight excluding hydrogens is 430 g/mol. The van der Waals surface area contributed by atoms with Crippen LogP contribution in [0.2, 0.25) is 0 Å². The number of hydrogen-bond acceptors (Lipinski definition) is 5. The summed E-state index contributed by atoms with van der Waals surface area (Å²) in [5.41, 5.74) is 5.01. The summed E-state index contributed by atoms with van der Waals surface area (Å²) in [7, 11) is 0. The number of hydrogen-bond donors (Lipinski definition) is 1. The monoisotopic (exact) mass is 451 g/mol. The molecule has 0 bridgehead atoms. The molecule has 0 saturated carbocycles. The van der Waals surface area contributed by atoms with Gasteiger partial charge in [0.1, 0.15) is 5.69 Å². The Kier molecular flexibility index (Phi) is 6.04. The molecule has 1 amide bonds. The number of anilines is 1. The zero-order chi connectivity index (χ0) is 22.5. The van der Waals surface area contributed by atoms with Gasteiger partial charge in [0.25, 0.3) is 5.91 Å². The second kappa shape index (κ2) is 9.58. The highest BCUT2D eigenvalue weighted by atomic mass is 32.1. The summed E-state index contributed by atoms with van der Waals surface area (Å²) < 4.78 is 1.82. The van der Waals surface area contributed by atoms with Gasteiger partial charge in [0.05, 0.1) is 23.5 Å². The molecule has 0 aliphatic heterocycles. The van der Waals surface area contributed by atoms with Crippen molar-refractivity contribution in [3.8, 4) is 11.4 Å². The number of amides is 1. The van der Waals surface area contributed by atoms with Crippen LogP contribution in [0.25, 0.3) is 11.4 Å². The molecule has 2 aromatic carbocycles. The first-order valence-electron chi connectivity index (χ1n) is 10.6. The molecular formula is C26H21N5OS. The molecule has 3 aromatic heterocycles. The number of pyridine rings is 1. The van der Waals surface area contributed by atoms with Crippen molar-refractivity contribution in [2.24, 2.45) is 0 Å². The molecule has 1 N–H and O–H groups in total. The standard InChI is InChI=1S/C26H21N5OS/c32-25(29-26-28-24(18-33-26)22-13-7-8-14-27-22)21-17-31(16-20-11-5-2-6-12-20)30-23(21)15-19-9-3-1-4-10-19/h1-14,17-18H,15-16H2,(H,28,29,32). The maximum absolute atomic E-state index is 13.2. The lowest BCUT2D eigenvalue weighted by Crippen LogP contribution is -2.13. The Morgan fingerprint density at radius 3 is 2.33 bits per heavy atom. The third-order valence-electron chi connectivity index (χ3n) is 5.14. The van der Waals surface area contributed by atoms with Gasteiger partial charge >= 0.3 is 0 Å². The lowest BCUT2D eigenvalue weighted by Gasteiger charge is -2.03. The lowest BCUT2D eigenvalue weighted by molar-refractivity contribution is 0.102. The van der Waals surface area contributed by atoms with Crippen LogP contribution in [-0.4, -0.2) is 25.7 Å². The predicted octanol–water partition coefficient (Wildman–Crippen LogP) is 5.29. The van der Waals surface area contributed by atoms with Crippen molar-refractivity contribution >= 4 is 22.4 Å². The average Bonchev–Trinajstić information content (AvgIpc) is 3.48. The van der Waals surface area contributed by atoms with E-state index >= 15 is 0 Å². The van der Waals surface area contributed by atoms with E-state index in [1.54, 1.807) is 6.20 Å². The maximum Gasteiger partial charge on any atom is 0.260 e. The Balaban J connectivity index is 1.40. The van der Waals surface area contributed by atoms with Crippen LogP contribution >= 0.6 is 11.3 Å². The van der Waals surface area contributed by atoms with Crippen LogP contribution in [0.1, 0.15) is 27.2 Å². The SMILES string of the molecule is O=C(Nc1nc(-c2ccccn2)cs1)c1cn(Cc2ccccc2)nc1Cc1ccccc1. The fourth-order valence-electron chi connectivity index (χ4n) is 3.55. The number of thiazole rings is 1. The van der Waals surface area contributed by atoms with Crippen molar-refractivity contribution in [3.63, 3.8) is 0 Å². The Labute approximate surface area is 195 Å². The zero-order valence-electron chi connectivity index (χ0n) is 17.8. The molecule has 33 heavy (non-hydrogen) atoms. The number of carbonyl (C=O) groups is 1. The van der Waals surface area contributed by atoms with E-state index in [0.29, 0.717) is 23.7 Å². The van der Waals surface area contributed by atoms with E-state index in [9.17, 15) is 4.79 Å². The van der Waals surface area contributed by atoms with Crippen LogP contribution in [0, 0.1) is 0 Å². The molecule has 0 atom stereocenters. The van der Waals surface area contributed by atoms with Crippen molar-refractivity contribution in [2.75, 3.05) is 5.32 Å². The Morgan fingerprint density at radius 2 is 1.61 bits per heavy atom. The average molecular weight is 452 g/mol. The lowest BCUT2D eigenvalue weighted by atomic mass is 10.1. The molecule has 6 nitrogen and oxygen atoms in total. The molecule has 162 valence electrons. The molecule has 0 fully saturated rings.